The molecule has 3 atom stereocenters. The van der Waals surface area contributed by atoms with Gasteiger partial charge in [0.2, 0.25) is 10.0 Å². The van der Waals surface area contributed by atoms with E-state index in [0.29, 0.717) is 23.8 Å². The Bertz CT molecular complexity index is 514. The molecule has 0 radical (unpaired) electrons. The summed E-state index contributed by atoms with van der Waals surface area (Å²) in [6.07, 6.45) is 2.50. The van der Waals surface area contributed by atoms with Crippen molar-refractivity contribution in [1.29, 1.82) is 0 Å². The molecule has 1 aromatic rings. The zero-order valence-electron chi connectivity index (χ0n) is 10.4. The van der Waals surface area contributed by atoms with Gasteiger partial charge in [0.25, 0.3) is 0 Å². The van der Waals surface area contributed by atoms with E-state index in [4.69, 9.17) is 9.47 Å². The molecule has 1 saturated carbocycles. The fraction of sp³-hybridized carbons (Fsp3) is 0.667. The summed E-state index contributed by atoms with van der Waals surface area (Å²) in [6, 6.07) is 3.31. The number of hydrogen-bond acceptors (Lipinski definition) is 5. The highest BCUT2D eigenvalue weighted by Gasteiger charge is 2.35. The first-order chi connectivity index (χ1) is 9.15. The number of nitrogens with one attached hydrogen (secondary N) is 1. The third-order valence-corrected chi connectivity index (χ3v) is 6.48. The Labute approximate surface area is 117 Å². The van der Waals surface area contributed by atoms with Gasteiger partial charge < -0.3 is 9.47 Å². The molecule has 2 aliphatic rings. The van der Waals surface area contributed by atoms with Gasteiger partial charge in [-0.25, -0.2) is 13.1 Å². The summed E-state index contributed by atoms with van der Waals surface area (Å²) in [4.78, 5) is 0. The van der Waals surface area contributed by atoms with Crippen LogP contribution in [0.2, 0.25) is 0 Å². The maximum absolute atomic E-state index is 12.1. The molecule has 7 heteroatoms. The van der Waals surface area contributed by atoms with E-state index in [2.05, 4.69) is 4.72 Å². The van der Waals surface area contributed by atoms with E-state index < -0.39 is 10.0 Å². The van der Waals surface area contributed by atoms with E-state index in [0.717, 1.165) is 12.8 Å². The summed E-state index contributed by atoms with van der Waals surface area (Å²) in [7, 11) is -3.38. The normalized spacial score (nSPS) is 31.9. The molecule has 19 heavy (non-hydrogen) atoms. The minimum atomic E-state index is -3.38. The summed E-state index contributed by atoms with van der Waals surface area (Å²) in [5, 5.41) is 1.77. The first kappa shape index (κ1) is 13.5. The van der Waals surface area contributed by atoms with Crippen molar-refractivity contribution in [3.63, 3.8) is 0 Å². The first-order valence-electron chi connectivity index (χ1n) is 6.44. The minimum absolute atomic E-state index is 0.0264. The second-order valence-corrected chi connectivity index (χ2v) is 7.77. The van der Waals surface area contributed by atoms with Crippen molar-refractivity contribution in [3.05, 3.63) is 17.5 Å². The Kier molecular flexibility index (Phi) is 3.91. The topological polar surface area (TPSA) is 64.6 Å². The van der Waals surface area contributed by atoms with E-state index in [1.54, 1.807) is 17.5 Å². The van der Waals surface area contributed by atoms with E-state index in [1.165, 1.54) is 11.3 Å². The summed E-state index contributed by atoms with van der Waals surface area (Å²) in [5.74, 6) is 0. The van der Waals surface area contributed by atoms with Crippen molar-refractivity contribution in [2.75, 3.05) is 13.2 Å². The quantitative estimate of drug-likeness (QED) is 0.916. The van der Waals surface area contributed by atoms with E-state index in [-0.39, 0.29) is 18.2 Å². The highest BCUT2D eigenvalue weighted by atomic mass is 32.2. The molecule has 0 bridgehead atoms. The fourth-order valence-electron chi connectivity index (χ4n) is 2.67. The summed E-state index contributed by atoms with van der Waals surface area (Å²) in [5.41, 5.74) is 0. The van der Waals surface area contributed by atoms with Gasteiger partial charge in [-0.3, -0.25) is 0 Å². The lowest BCUT2D eigenvalue weighted by atomic mass is 9.90. The van der Waals surface area contributed by atoms with Crippen LogP contribution in [0, 0.1) is 0 Å². The highest BCUT2D eigenvalue weighted by Crippen LogP contribution is 2.28. The number of sulfonamides is 1. The standard InChI is InChI=1S/C12H17NO4S2/c14-19(15,12-2-1-7-18-12)13-9-3-4-10-11(8-9)17-6-5-16-10/h1-2,7,9-11,13H,3-6,8H2. The van der Waals surface area contributed by atoms with Crippen LogP contribution in [0.15, 0.2) is 21.7 Å². The van der Waals surface area contributed by atoms with Crippen LogP contribution in [0.1, 0.15) is 19.3 Å². The Balaban J connectivity index is 1.65. The van der Waals surface area contributed by atoms with Crippen molar-refractivity contribution < 1.29 is 17.9 Å². The number of ether oxygens (including phenoxy) is 2. The SMILES string of the molecule is O=S(=O)(NC1CCC2OCCOC2C1)c1cccs1. The van der Waals surface area contributed by atoms with Gasteiger partial charge in [-0.05, 0) is 30.7 Å². The molecular weight excluding hydrogens is 286 g/mol. The zero-order chi connectivity index (χ0) is 13.3. The maximum atomic E-state index is 12.1. The molecular formula is C12H17NO4S2. The molecule has 0 spiro atoms. The van der Waals surface area contributed by atoms with Crippen LogP contribution >= 0.6 is 11.3 Å². The molecule has 106 valence electrons. The Morgan fingerprint density at radius 2 is 2.00 bits per heavy atom. The maximum Gasteiger partial charge on any atom is 0.250 e. The Morgan fingerprint density at radius 1 is 1.21 bits per heavy atom. The fourth-order valence-corrected chi connectivity index (χ4v) is 4.96. The third kappa shape index (κ3) is 3.00. The lowest BCUT2D eigenvalue weighted by Gasteiger charge is -2.38. The van der Waals surface area contributed by atoms with Crippen molar-refractivity contribution in [3.8, 4) is 0 Å². The molecule has 2 fully saturated rings. The van der Waals surface area contributed by atoms with Gasteiger partial charge >= 0.3 is 0 Å². The van der Waals surface area contributed by atoms with Crippen molar-refractivity contribution in [1.82, 2.24) is 4.72 Å². The molecule has 1 aromatic heterocycles. The molecule has 0 aromatic carbocycles. The molecule has 2 heterocycles. The average molecular weight is 303 g/mol. The van der Waals surface area contributed by atoms with Gasteiger partial charge in [0.05, 0.1) is 25.4 Å². The first-order valence-corrected chi connectivity index (χ1v) is 8.80. The molecule has 0 amide bonds. The molecule has 3 unspecified atom stereocenters. The van der Waals surface area contributed by atoms with Crippen molar-refractivity contribution >= 4 is 21.4 Å². The molecule has 5 nitrogen and oxygen atoms in total. The Hall–Kier alpha value is -0.470. The zero-order valence-corrected chi connectivity index (χ0v) is 12.1. The van der Waals surface area contributed by atoms with Gasteiger partial charge in [0.1, 0.15) is 4.21 Å². The molecule has 1 saturated heterocycles. The van der Waals surface area contributed by atoms with Crippen LogP contribution in [0.25, 0.3) is 0 Å². The lowest BCUT2D eigenvalue weighted by Crippen LogP contribution is -2.49. The van der Waals surface area contributed by atoms with Crippen molar-refractivity contribution in [2.45, 2.75) is 41.7 Å². The van der Waals surface area contributed by atoms with Crippen LogP contribution in [0.5, 0.6) is 0 Å². The van der Waals surface area contributed by atoms with Crippen molar-refractivity contribution in [2.24, 2.45) is 0 Å². The summed E-state index contributed by atoms with van der Waals surface area (Å²) in [6.45, 7) is 1.25. The number of hydrogen-bond donors (Lipinski definition) is 1. The monoisotopic (exact) mass is 303 g/mol. The van der Waals surface area contributed by atoms with Gasteiger partial charge in [0.15, 0.2) is 0 Å². The summed E-state index contributed by atoms with van der Waals surface area (Å²) >= 11 is 1.23. The van der Waals surface area contributed by atoms with Crippen LogP contribution in [-0.4, -0.2) is 39.9 Å². The predicted octanol–water partition coefficient (Wildman–Crippen LogP) is 1.36. The highest BCUT2D eigenvalue weighted by molar-refractivity contribution is 7.91. The number of rotatable bonds is 3. The third-order valence-electron chi connectivity index (χ3n) is 3.56. The largest absolute Gasteiger partial charge is 0.373 e. The van der Waals surface area contributed by atoms with Crippen LogP contribution < -0.4 is 4.72 Å². The van der Waals surface area contributed by atoms with E-state index >= 15 is 0 Å². The minimum Gasteiger partial charge on any atom is -0.373 e. The van der Waals surface area contributed by atoms with Crippen LogP contribution in [-0.2, 0) is 19.5 Å². The molecule has 1 aliphatic heterocycles. The molecule has 1 N–H and O–H groups in total. The van der Waals surface area contributed by atoms with Gasteiger partial charge in [0, 0.05) is 6.04 Å². The van der Waals surface area contributed by atoms with Gasteiger partial charge in [-0.15, -0.1) is 11.3 Å². The second kappa shape index (κ2) is 5.49. The van der Waals surface area contributed by atoms with E-state index in [9.17, 15) is 8.42 Å². The van der Waals surface area contributed by atoms with E-state index in [1.807, 2.05) is 0 Å². The Morgan fingerprint density at radius 3 is 2.74 bits per heavy atom. The van der Waals surface area contributed by atoms with Gasteiger partial charge in [-0.1, -0.05) is 6.07 Å². The molecule has 3 rings (SSSR count). The lowest BCUT2D eigenvalue weighted by molar-refractivity contribution is -0.156. The second-order valence-electron chi connectivity index (χ2n) is 4.88. The smallest absolute Gasteiger partial charge is 0.250 e. The van der Waals surface area contributed by atoms with Gasteiger partial charge in [-0.2, -0.15) is 0 Å². The molecule has 1 aliphatic carbocycles. The summed E-state index contributed by atoms with van der Waals surface area (Å²) < 4.78 is 38.7. The van der Waals surface area contributed by atoms with Crippen LogP contribution in [0.4, 0.5) is 0 Å². The number of thiophene rings is 1. The van der Waals surface area contributed by atoms with Crippen LogP contribution in [0.3, 0.4) is 0 Å². The average Bonchev–Trinajstić information content (AvgIpc) is 2.93. The predicted molar refractivity (Wildman–Crippen MR) is 71.8 cm³/mol. The number of fused-ring (bicyclic) bond motifs is 1.